The number of anilines is 1. The summed E-state index contributed by atoms with van der Waals surface area (Å²) in [5.74, 6) is 0.178. The fraction of sp³-hybridized carbons (Fsp3) is 0.182. The number of pyridine rings is 1. The monoisotopic (exact) mass is 461 g/mol. The van der Waals surface area contributed by atoms with Crippen LogP contribution < -0.4 is 10.1 Å². The van der Waals surface area contributed by atoms with Crippen LogP contribution in [0.2, 0.25) is 10.0 Å². The average molecular weight is 462 g/mol. The second-order valence-electron chi connectivity index (χ2n) is 6.35. The quantitative estimate of drug-likeness (QED) is 0.201. The number of carbonyl (C=O) groups is 1. The van der Waals surface area contributed by atoms with E-state index in [1.165, 1.54) is 13.3 Å². The molecule has 0 aliphatic rings. The van der Waals surface area contributed by atoms with Crippen molar-refractivity contribution in [1.82, 2.24) is 9.97 Å². The third-order valence-electron chi connectivity index (χ3n) is 4.18. The van der Waals surface area contributed by atoms with E-state index in [-0.39, 0.29) is 5.76 Å². The number of rotatable bonds is 9. The van der Waals surface area contributed by atoms with Gasteiger partial charge in [0.15, 0.2) is 5.76 Å². The van der Waals surface area contributed by atoms with E-state index < -0.39 is 5.91 Å². The van der Waals surface area contributed by atoms with Crippen molar-refractivity contribution >= 4 is 51.8 Å². The lowest BCUT2D eigenvalue weighted by molar-refractivity contribution is -0.115. The number of ether oxygens (including phenoxy) is 3. The fourth-order valence-corrected chi connectivity index (χ4v) is 3.01. The summed E-state index contributed by atoms with van der Waals surface area (Å²) in [6.45, 7) is 0.865. The van der Waals surface area contributed by atoms with Gasteiger partial charge in [-0.3, -0.25) is 4.79 Å². The van der Waals surface area contributed by atoms with Gasteiger partial charge >= 0.3 is 0 Å². The second kappa shape index (κ2) is 10.9. The maximum atomic E-state index is 12.4. The minimum atomic E-state index is -0.405. The number of H-pyrrole nitrogens is 1. The molecule has 3 rings (SSSR count). The molecule has 1 amide bonds. The van der Waals surface area contributed by atoms with E-state index in [2.05, 4.69) is 15.3 Å². The highest BCUT2D eigenvalue weighted by atomic mass is 35.5. The number of halogens is 2. The van der Waals surface area contributed by atoms with Crippen molar-refractivity contribution in [2.75, 3.05) is 32.8 Å². The van der Waals surface area contributed by atoms with Crippen molar-refractivity contribution in [3.05, 3.63) is 70.2 Å². The van der Waals surface area contributed by atoms with Crippen LogP contribution in [-0.2, 0) is 14.3 Å². The highest BCUT2D eigenvalue weighted by Gasteiger charge is 2.10. The highest BCUT2D eigenvalue weighted by molar-refractivity contribution is 6.42. The third-order valence-corrected chi connectivity index (χ3v) is 4.90. The molecule has 162 valence electrons. The normalized spacial score (nSPS) is 11.8. The second-order valence-corrected chi connectivity index (χ2v) is 7.17. The predicted molar refractivity (Wildman–Crippen MR) is 123 cm³/mol. The first-order chi connectivity index (χ1) is 15.0. The van der Waals surface area contributed by atoms with Crippen LogP contribution in [0.1, 0.15) is 5.69 Å². The van der Waals surface area contributed by atoms with Gasteiger partial charge in [0, 0.05) is 29.8 Å². The standard InChI is InChI=1S/C22H21Cl2N3O4/c1-29-8-9-31-21-7-6-16(13-25-21)27-22(28)20(30-2)5-3-4-15-10-14-11-17(23)18(24)12-19(14)26-15/h3-7,10-13,26H,8-9H2,1-2H3,(H,27,28)/b4-3+,20-5+. The van der Waals surface area contributed by atoms with Crippen molar-refractivity contribution in [3.8, 4) is 5.88 Å². The van der Waals surface area contributed by atoms with Gasteiger partial charge in [-0.15, -0.1) is 0 Å². The molecule has 3 aromatic rings. The molecule has 7 nitrogen and oxygen atoms in total. The molecule has 0 aliphatic heterocycles. The molecular weight excluding hydrogens is 441 g/mol. The smallest absolute Gasteiger partial charge is 0.290 e. The van der Waals surface area contributed by atoms with Gasteiger partial charge < -0.3 is 24.5 Å². The van der Waals surface area contributed by atoms with Crippen molar-refractivity contribution < 1.29 is 19.0 Å². The Balaban J connectivity index is 1.63. The van der Waals surface area contributed by atoms with Crippen molar-refractivity contribution in [2.24, 2.45) is 0 Å². The number of hydrogen-bond donors (Lipinski definition) is 2. The molecule has 2 N–H and O–H groups in total. The highest BCUT2D eigenvalue weighted by Crippen LogP contribution is 2.28. The van der Waals surface area contributed by atoms with E-state index in [1.807, 2.05) is 12.1 Å². The van der Waals surface area contributed by atoms with E-state index in [1.54, 1.807) is 43.5 Å². The molecule has 0 aliphatic carbocycles. The molecule has 2 heterocycles. The molecule has 31 heavy (non-hydrogen) atoms. The fourth-order valence-electron chi connectivity index (χ4n) is 2.68. The van der Waals surface area contributed by atoms with Crippen LogP contribution in [0.15, 0.2) is 54.4 Å². The summed E-state index contributed by atoms with van der Waals surface area (Å²) in [5.41, 5.74) is 2.21. The van der Waals surface area contributed by atoms with Crippen molar-refractivity contribution in [1.29, 1.82) is 0 Å². The number of carbonyl (C=O) groups excluding carboxylic acids is 1. The zero-order chi connectivity index (χ0) is 22.2. The molecule has 1 aromatic carbocycles. The maximum Gasteiger partial charge on any atom is 0.290 e. The van der Waals surface area contributed by atoms with Gasteiger partial charge in [0.05, 0.1) is 35.6 Å². The van der Waals surface area contributed by atoms with Crippen LogP contribution >= 0.6 is 23.2 Å². The lowest BCUT2D eigenvalue weighted by Crippen LogP contribution is -2.15. The van der Waals surface area contributed by atoms with Crippen LogP contribution in [0.5, 0.6) is 5.88 Å². The van der Waals surface area contributed by atoms with Crippen LogP contribution in [0.3, 0.4) is 0 Å². The number of aromatic amines is 1. The number of methoxy groups -OCH3 is 2. The molecule has 0 radical (unpaired) electrons. The zero-order valence-electron chi connectivity index (χ0n) is 16.9. The Morgan fingerprint density at radius 3 is 2.68 bits per heavy atom. The molecular formula is C22H21Cl2N3O4. The molecule has 0 saturated carbocycles. The summed E-state index contributed by atoms with van der Waals surface area (Å²) in [7, 11) is 3.02. The molecule has 0 unspecified atom stereocenters. The Morgan fingerprint density at radius 2 is 1.97 bits per heavy atom. The van der Waals surface area contributed by atoms with Gasteiger partial charge in [-0.2, -0.15) is 0 Å². The third kappa shape index (κ3) is 6.24. The number of amides is 1. The van der Waals surface area contributed by atoms with Crippen molar-refractivity contribution in [2.45, 2.75) is 0 Å². The summed E-state index contributed by atoms with van der Waals surface area (Å²) in [6, 6.07) is 8.84. The van der Waals surface area contributed by atoms with E-state index in [4.69, 9.17) is 37.4 Å². The molecule has 2 aromatic heterocycles. The number of fused-ring (bicyclic) bond motifs is 1. The number of nitrogens with one attached hydrogen (secondary N) is 2. The molecule has 0 saturated heterocycles. The van der Waals surface area contributed by atoms with Gasteiger partial charge in [-0.25, -0.2) is 4.98 Å². The molecule has 0 atom stereocenters. The Morgan fingerprint density at radius 1 is 1.16 bits per heavy atom. The van der Waals surface area contributed by atoms with Crippen LogP contribution in [0, 0.1) is 0 Å². The maximum absolute atomic E-state index is 12.4. The lowest BCUT2D eigenvalue weighted by Gasteiger charge is -2.08. The van der Waals surface area contributed by atoms with Gasteiger partial charge in [0.1, 0.15) is 6.61 Å². The summed E-state index contributed by atoms with van der Waals surface area (Å²) >= 11 is 12.1. The Bertz CT molecular complexity index is 1070. The van der Waals surface area contributed by atoms with E-state index in [9.17, 15) is 4.79 Å². The topological polar surface area (TPSA) is 85.5 Å². The SMILES string of the molecule is COCCOc1ccc(NC(=O)/C(=C\C=C\c2cc3cc(Cl)c(Cl)cc3[nH]2)OC)cn1. The summed E-state index contributed by atoms with van der Waals surface area (Å²) in [6.07, 6.45) is 6.58. The number of nitrogens with zero attached hydrogens (tertiary/aromatic N) is 1. The van der Waals surface area contributed by atoms with E-state index in [0.29, 0.717) is 34.8 Å². The predicted octanol–water partition coefficient (Wildman–Crippen LogP) is 5.08. The molecule has 0 fully saturated rings. The molecule has 0 spiro atoms. The largest absolute Gasteiger partial charge is 0.491 e. The van der Waals surface area contributed by atoms with Crippen LogP contribution in [0.4, 0.5) is 5.69 Å². The number of aromatic nitrogens is 2. The van der Waals surface area contributed by atoms with Gasteiger partial charge in [-0.05, 0) is 36.4 Å². The number of allylic oxidation sites excluding steroid dienone is 2. The van der Waals surface area contributed by atoms with Crippen LogP contribution in [-0.4, -0.2) is 43.3 Å². The first kappa shape index (κ1) is 22.7. The van der Waals surface area contributed by atoms with Crippen molar-refractivity contribution in [3.63, 3.8) is 0 Å². The van der Waals surface area contributed by atoms with Gasteiger partial charge in [-0.1, -0.05) is 29.3 Å². The zero-order valence-corrected chi connectivity index (χ0v) is 18.5. The Hall–Kier alpha value is -3.00. The van der Waals surface area contributed by atoms with Crippen LogP contribution in [0.25, 0.3) is 17.0 Å². The first-order valence-electron chi connectivity index (χ1n) is 9.29. The summed E-state index contributed by atoms with van der Waals surface area (Å²) in [5, 5.41) is 4.63. The molecule has 0 bridgehead atoms. The summed E-state index contributed by atoms with van der Waals surface area (Å²) in [4.78, 5) is 19.8. The first-order valence-corrected chi connectivity index (χ1v) is 10.0. The Kier molecular flexibility index (Phi) is 7.94. The van der Waals surface area contributed by atoms with E-state index in [0.717, 1.165) is 16.6 Å². The van der Waals surface area contributed by atoms with Gasteiger partial charge in [0.2, 0.25) is 5.88 Å². The minimum Gasteiger partial charge on any atom is -0.491 e. The number of benzene rings is 1. The van der Waals surface area contributed by atoms with E-state index >= 15 is 0 Å². The minimum absolute atomic E-state index is 0.138. The molecule has 9 heteroatoms. The summed E-state index contributed by atoms with van der Waals surface area (Å²) < 4.78 is 15.5. The number of hydrogen-bond acceptors (Lipinski definition) is 5. The Labute approximate surface area is 189 Å². The van der Waals surface area contributed by atoms with Gasteiger partial charge in [0.25, 0.3) is 5.91 Å². The lowest BCUT2D eigenvalue weighted by atomic mass is 10.2. The average Bonchev–Trinajstić information content (AvgIpc) is 3.14.